The molecule has 1 unspecified atom stereocenters. The molecule has 0 bridgehead atoms. The van der Waals surface area contributed by atoms with E-state index in [1.165, 1.54) is 101 Å². The lowest BCUT2D eigenvalue weighted by atomic mass is 9.82. The second kappa shape index (κ2) is 41.7. The molecule has 0 amide bonds. The Balaban J connectivity index is 0.000000173. The highest BCUT2D eigenvalue weighted by atomic mass is 31.2. The lowest BCUT2D eigenvalue weighted by Gasteiger charge is -2.33. The van der Waals surface area contributed by atoms with Crippen molar-refractivity contribution in [2.45, 2.75) is 234 Å². The molecule has 110 heavy (non-hydrogen) atoms. The molecule has 2 N–H and O–H groups in total. The number of ketones is 1. The number of fused-ring (bicyclic) bond motifs is 3. The molecule has 14 rings (SSSR count). The zero-order valence-electron chi connectivity index (χ0n) is 65.1. The van der Waals surface area contributed by atoms with Crippen LogP contribution in [-0.2, 0) is 57.5 Å². The van der Waals surface area contributed by atoms with Crippen LogP contribution >= 0.6 is 7.37 Å². The number of H-pyrrole nitrogens is 2. The van der Waals surface area contributed by atoms with Crippen molar-refractivity contribution in [2.75, 3.05) is 32.5 Å². The van der Waals surface area contributed by atoms with Gasteiger partial charge in [0.25, 0.3) is 0 Å². The second-order valence-electron chi connectivity index (χ2n) is 30.5. The number of allylic oxidation sites excluding steroid dienone is 3. The van der Waals surface area contributed by atoms with E-state index in [-0.39, 0.29) is 42.6 Å². The summed E-state index contributed by atoms with van der Waals surface area (Å²) in [5.74, 6) is -0.0584. The Hall–Kier alpha value is -10.8. The number of hydrogen-bond acceptors (Lipinski definition) is 18. The molecule has 580 valence electrons. The number of aromatic nitrogens is 15. The number of esters is 2. The Morgan fingerprint density at radius 3 is 1.48 bits per heavy atom. The third kappa shape index (κ3) is 24.4. The molecule has 9 aromatic rings. The number of Topliss-reactive ketones (excluding diaryl/α,β-unsaturated/α-hetero) is 1. The minimum absolute atomic E-state index is 0.0147. The Bertz CT molecular complexity index is 4740. The number of aromatic amines is 2. The van der Waals surface area contributed by atoms with Gasteiger partial charge in [0.2, 0.25) is 20.5 Å². The monoisotopic (exact) mass is 1510 g/mol. The minimum Gasteiger partial charge on any atom is -0.443 e. The maximum Gasteiger partial charge on any atom is 0.312 e. The van der Waals surface area contributed by atoms with Crippen molar-refractivity contribution in [1.82, 2.24) is 74.5 Å². The molecule has 1 atom stereocenters. The summed E-state index contributed by atoms with van der Waals surface area (Å²) in [5, 5.41) is 60.1. The summed E-state index contributed by atoms with van der Waals surface area (Å²) < 4.78 is 34.1. The van der Waals surface area contributed by atoms with Crippen LogP contribution in [0.2, 0.25) is 0 Å². The number of nitrogens with zero attached hydrogens (tertiary/aromatic N) is 18. The topological polar surface area (TPSA) is 324 Å². The predicted octanol–water partition coefficient (Wildman–Crippen LogP) is 18.3. The van der Waals surface area contributed by atoms with Crippen LogP contribution < -0.4 is 0 Å². The third-order valence-electron chi connectivity index (χ3n) is 19.9. The van der Waals surface area contributed by atoms with Crippen LogP contribution in [0, 0.1) is 53.2 Å². The van der Waals surface area contributed by atoms with Gasteiger partial charge >= 0.3 is 11.9 Å². The number of nitriles is 2. The van der Waals surface area contributed by atoms with Gasteiger partial charge < -0.3 is 28.7 Å². The van der Waals surface area contributed by atoms with Crippen molar-refractivity contribution in [3.8, 4) is 45.5 Å². The van der Waals surface area contributed by atoms with Crippen LogP contribution in [0.1, 0.15) is 209 Å². The summed E-state index contributed by atoms with van der Waals surface area (Å²) in [6.45, 7) is 37.1. The lowest BCUT2D eigenvalue weighted by molar-refractivity contribution is -0.157. The molecule has 9 aromatic heterocycles. The van der Waals surface area contributed by atoms with Crippen LogP contribution in [-0.4, -0.2) is 125 Å². The molecular weight excluding hydrogens is 1410 g/mol. The van der Waals surface area contributed by atoms with Crippen LogP contribution in [0.25, 0.3) is 81.0 Å². The van der Waals surface area contributed by atoms with Gasteiger partial charge in [0.1, 0.15) is 23.0 Å². The van der Waals surface area contributed by atoms with Gasteiger partial charge in [0.05, 0.1) is 73.3 Å². The van der Waals surface area contributed by atoms with Gasteiger partial charge in [-0.1, -0.05) is 81.8 Å². The molecule has 5 aliphatic carbocycles. The van der Waals surface area contributed by atoms with Crippen molar-refractivity contribution in [1.29, 1.82) is 10.5 Å². The highest BCUT2D eigenvalue weighted by Gasteiger charge is 2.40. The Morgan fingerprint density at radius 1 is 0.609 bits per heavy atom. The van der Waals surface area contributed by atoms with Gasteiger partial charge in [-0.25, -0.2) is 18.0 Å². The zero-order valence-corrected chi connectivity index (χ0v) is 66.0. The molecule has 0 aliphatic heterocycles. The number of rotatable bonds is 14. The van der Waals surface area contributed by atoms with E-state index in [2.05, 4.69) is 82.8 Å². The van der Waals surface area contributed by atoms with Crippen LogP contribution in [0.3, 0.4) is 0 Å². The van der Waals surface area contributed by atoms with E-state index < -0.39 is 18.2 Å². The largest absolute Gasteiger partial charge is 0.443 e. The fourth-order valence-electron chi connectivity index (χ4n) is 13.8. The zero-order chi connectivity index (χ0) is 79.0. The van der Waals surface area contributed by atoms with Crippen molar-refractivity contribution >= 4 is 58.2 Å². The number of nitrogens with one attached hydrogen (secondary N) is 2. The standard InChI is InChI=1S/C23H28N6O2.C17H18N6.C15H17N5O2.2C8H11N.C6H10O.C5H10NO2P/c1-22(2,3)21(30)31-16-28-11-8-18-19(13-25-27-20(18)28)17-12-26-29(14-17)23(15-24-4)9-6-5-7-10-23;1-18-12-17(6-3-2-4-7-17)23-11-13(9-21-23)15-10-20-22-16-14(15)5-8-19-16;1-15(2,3)14(21)22-9-20-5-4-11-12(8-18-19-13(11)20)10-6-16-17-7-10;1-9-7-8-5-3-2-4-6-8;9-7-6-8-4-2-1-3-5-8;7-6-4-2-1-3-5-6;1-3-8-9(2,7)5-4-6/h8,11-14H,5-7,9-10,15-16H2,1-3H3;5,8-11H,2-4,6-7,12H2,(H,19,22);4-8H,9H2,1-3H3,(H,16,17);7H,2-6H2;6H,1-5H2;1-5H2;3,5H2,1-2H3. The number of hydrogen-bond donors (Lipinski definition) is 2. The molecule has 5 aliphatic rings. The molecule has 5 fully saturated rings. The normalized spacial score (nSPS) is 16.3. The van der Waals surface area contributed by atoms with E-state index in [9.17, 15) is 18.9 Å². The number of ether oxygens (including phenoxy) is 2. The van der Waals surface area contributed by atoms with Crippen LogP contribution in [0.15, 0.2) is 116 Å². The predicted molar refractivity (Wildman–Crippen MR) is 423 cm³/mol. The SMILES string of the molecule is CC(C)(C)C(=O)OCn1ccc2c(-c3cn[nH]c3)cnnc21.CCOP(C)(=O)CC#N.N#CC=C1CCCCC1.O=C1CCCCC1.[C-]#[N+]C=C1CCCCC1.[C-]#[N+]CC1(n2cc(-c3cnnc4[nH]ccc34)cn2)CCCCC1.[C-]#[N+]CC1(n2cc(-c3cnnc4c3ccn4COC(=O)C(C)(C)C)cn2)CCCCC1. The van der Waals surface area contributed by atoms with Crippen molar-refractivity contribution in [2.24, 2.45) is 10.8 Å². The first-order valence-electron chi connectivity index (χ1n) is 38.2. The van der Waals surface area contributed by atoms with E-state index >= 15 is 0 Å². The molecule has 28 heteroatoms. The van der Waals surface area contributed by atoms with E-state index in [1.807, 2.05) is 106 Å². The number of carbonyl (C=O) groups excluding carboxylic acids is 3. The first-order valence-corrected chi connectivity index (χ1v) is 40.5. The molecule has 0 aromatic carbocycles. The maximum absolute atomic E-state index is 12.1. The van der Waals surface area contributed by atoms with Gasteiger partial charge in [0, 0.05) is 112 Å². The summed E-state index contributed by atoms with van der Waals surface area (Å²) >= 11 is 0. The van der Waals surface area contributed by atoms with E-state index in [0.717, 1.165) is 132 Å². The molecule has 0 spiro atoms. The molecule has 5 saturated carbocycles. The Kier molecular flexibility index (Phi) is 32.2. The summed E-state index contributed by atoms with van der Waals surface area (Å²) in [6.07, 6.45) is 54.4. The molecule has 0 saturated heterocycles. The summed E-state index contributed by atoms with van der Waals surface area (Å²) in [5.41, 5.74) is 9.14. The second-order valence-corrected chi connectivity index (χ2v) is 33.1. The average Bonchev–Trinajstić information content (AvgIpc) is 1.63. The highest BCUT2D eigenvalue weighted by molar-refractivity contribution is 7.58. The number of carbonyl (C=O) groups is 3. The van der Waals surface area contributed by atoms with Crippen LogP contribution in [0.4, 0.5) is 0 Å². The van der Waals surface area contributed by atoms with Gasteiger partial charge in [-0.2, -0.15) is 41.1 Å². The first-order chi connectivity index (χ1) is 53.0. The van der Waals surface area contributed by atoms with Gasteiger partial charge in [0.15, 0.2) is 36.6 Å². The summed E-state index contributed by atoms with van der Waals surface area (Å²) in [6, 6.07) is 9.77. The highest BCUT2D eigenvalue weighted by Crippen LogP contribution is 2.42. The van der Waals surface area contributed by atoms with Crippen molar-refractivity contribution < 1.29 is 32.9 Å². The van der Waals surface area contributed by atoms with Gasteiger partial charge in [-0.3, -0.25) is 42.5 Å². The molecular formula is C82H105N20O7P. The smallest absolute Gasteiger partial charge is 0.312 e. The van der Waals surface area contributed by atoms with Gasteiger partial charge in [-0.15, -0.1) is 15.3 Å². The average molecular weight is 1510 g/mol. The molecule has 9 heterocycles. The lowest BCUT2D eigenvalue weighted by Crippen LogP contribution is -2.38. The molecule has 27 nitrogen and oxygen atoms in total. The summed E-state index contributed by atoms with van der Waals surface area (Å²) in [7, 11) is -2.55. The third-order valence-corrected chi connectivity index (χ3v) is 21.5. The fourth-order valence-corrected chi connectivity index (χ4v) is 14.7. The minimum atomic E-state index is -2.55. The molecule has 0 radical (unpaired) electrons. The van der Waals surface area contributed by atoms with Crippen molar-refractivity contribution in [3.63, 3.8) is 0 Å². The quantitative estimate of drug-likeness (QED) is 0.0442. The van der Waals surface area contributed by atoms with Crippen molar-refractivity contribution in [3.05, 3.63) is 150 Å². The van der Waals surface area contributed by atoms with E-state index in [1.54, 1.807) is 65.4 Å². The Morgan fingerprint density at radius 2 is 1.06 bits per heavy atom. The maximum atomic E-state index is 12.1. The van der Waals surface area contributed by atoms with Crippen LogP contribution in [0.5, 0.6) is 0 Å². The van der Waals surface area contributed by atoms with E-state index in [0.29, 0.717) is 36.8 Å². The fraction of sp³-hybridized carbons (Fsp3) is 0.524. The Labute approximate surface area is 645 Å². The summed E-state index contributed by atoms with van der Waals surface area (Å²) in [4.78, 5) is 48.2. The van der Waals surface area contributed by atoms with Gasteiger partial charge in [-0.05, 0) is 144 Å². The first kappa shape index (κ1) is 84.8. The van der Waals surface area contributed by atoms with E-state index in [4.69, 9.17) is 44.2 Å².